The van der Waals surface area contributed by atoms with Crippen LogP contribution in [-0.4, -0.2) is 12.5 Å². The first-order valence-corrected chi connectivity index (χ1v) is 5.89. The molecule has 0 aromatic rings. The second-order valence-electron chi connectivity index (χ2n) is 6.21. The van der Waals surface area contributed by atoms with Gasteiger partial charge in [0, 0.05) is 12.0 Å². The second-order valence-corrected chi connectivity index (χ2v) is 6.21. The molecule has 0 heterocycles. The third-order valence-corrected chi connectivity index (χ3v) is 3.55. The van der Waals surface area contributed by atoms with E-state index in [-0.39, 0.29) is 16.7 Å². The van der Waals surface area contributed by atoms with Crippen LogP contribution in [0.25, 0.3) is 0 Å². The van der Waals surface area contributed by atoms with E-state index < -0.39 is 0 Å². The topological polar surface area (TPSA) is 29.1 Å². The van der Waals surface area contributed by atoms with Gasteiger partial charge in [0.1, 0.15) is 0 Å². The molecule has 0 spiro atoms. The number of hydrogen-bond donors (Lipinski definition) is 1. The zero-order chi connectivity index (χ0) is 12.3. The van der Waals surface area contributed by atoms with E-state index in [9.17, 15) is 4.79 Å². The molecule has 2 nitrogen and oxygen atoms in total. The maximum Gasteiger partial charge on any atom is 0.225 e. The van der Waals surface area contributed by atoms with Crippen molar-refractivity contribution >= 4 is 5.91 Å². The van der Waals surface area contributed by atoms with Gasteiger partial charge in [-0.1, -0.05) is 48.5 Å². The SMILES string of the molecule is CCC(C)(C)C(=O)NCC(C)C(C)(C)C. The lowest BCUT2D eigenvalue weighted by Crippen LogP contribution is -2.40. The molecule has 1 amide bonds. The van der Waals surface area contributed by atoms with Crippen molar-refractivity contribution < 1.29 is 4.79 Å². The average molecular weight is 213 g/mol. The number of rotatable bonds is 4. The van der Waals surface area contributed by atoms with Crippen LogP contribution < -0.4 is 5.32 Å². The zero-order valence-electron chi connectivity index (χ0n) is 11.4. The summed E-state index contributed by atoms with van der Waals surface area (Å²) in [5, 5.41) is 3.04. The van der Waals surface area contributed by atoms with E-state index in [0.29, 0.717) is 5.92 Å². The normalized spacial score (nSPS) is 14.9. The van der Waals surface area contributed by atoms with E-state index in [1.165, 1.54) is 0 Å². The number of hydrogen-bond acceptors (Lipinski definition) is 1. The van der Waals surface area contributed by atoms with Gasteiger partial charge in [0.15, 0.2) is 0 Å². The van der Waals surface area contributed by atoms with Crippen LogP contribution in [0.5, 0.6) is 0 Å². The predicted molar refractivity (Wildman–Crippen MR) is 65.7 cm³/mol. The molecule has 0 aliphatic carbocycles. The van der Waals surface area contributed by atoms with Crippen molar-refractivity contribution in [3.05, 3.63) is 0 Å². The van der Waals surface area contributed by atoms with Crippen molar-refractivity contribution in [2.75, 3.05) is 6.54 Å². The monoisotopic (exact) mass is 213 g/mol. The van der Waals surface area contributed by atoms with Gasteiger partial charge in [-0.05, 0) is 17.8 Å². The number of amides is 1. The summed E-state index contributed by atoms with van der Waals surface area (Å²) in [7, 11) is 0. The third-order valence-electron chi connectivity index (χ3n) is 3.55. The lowest BCUT2D eigenvalue weighted by molar-refractivity contribution is -0.129. The molecule has 0 radical (unpaired) electrons. The highest BCUT2D eigenvalue weighted by Crippen LogP contribution is 2.25. The lowest BCUT2D eigenvalue weighted by Gasteiger charge is -2.29. The van der Waals surface area contributed by atoms with Gasteiger partial charge in [-0.25, -0.2) is 0 Å². The smallest absolute Gasteiger partial charge is 0.225 e. The number of carbonyl (C=O) groups excluding carboxylic acids is 1. The summed E-state index contributed by atoms with van der Waals surface area (Å²) in [6, 6.07) is 0. The molecule has 0 fully saturated rings. The van der Waals surface area contributed by atoms with Crippen LogP contribution in [0.3, 0.4) is 0 Å². The molecule has 1 N–H and O–H groups in total. The van der Waals surface area contributed by atoms with Gasteiger partial charge < -0.3 is 5.32 Å². The van der Waals surface area contributed by atoms with E-state index in [2.05, 4.69) is 33.0 Å². The fraction of sp³-hybridized carbons (Fsp3) is 0.923. The zero-order valence-corrected chi connectivity index (χ0v) is 11.4. The summed E-state index contributed by atoms with van der Waals surface area (Å²) in [5.41, 5.74) is 0.0151. The van der Waals surface area contributed by atoms with Gasteiger partial charge in [-0.15, -0.1) is 0 Å². The molecule has 2 heteroatoms. The van der Waals surface area contributed by atoms with Crippen molar-refractivity contribution in [2.24, 2.45) is 16.7 Å². The number of carbonyl (C=O) groups is 1. The highest BCUT2D eigenvalue weighted by molar-refractivity contribution is 5.81. The van der Waals surface area contributed by atoms with Gasteiger partial charge >= 0.3 is 0 Å². The second kappa shape index (κ2) is 5.00. The Bertz CT molecular complexity index is 213. The Kier molecular flexibility index (Phi) is 4.82. The molecule has 90 valence electrons. The fourth-order valence-electron chi connectivity index (χ4n) is 0.952. The highest BCUT2D eigenvalue weighted by atomic mass is 16.2. The summed E-state index contributed by atoms with van der Waals surface area (Å²) in [6.07, 6.45) is 0.878. The fourth-order valence-corrected chi connectivity index (χ4v) is 0.952. The van der Waals surface area contributed by atoms with E-state index in [1.54, 1.807) is 0 Å². The molecule has 0 aromatic heterocycles. The van der Waals surface area contributed by atoms with Crippen LogP contribution in [0.2, 0.25) is 0 Å². The lowest BCUT2D eigenvalue weighted by atomic mass is 9.81. The van der Waals surface area contributed by atoms with Crippen molar-refractivity contribution in [2.45, 2.75) is 54.9 Å². The molecular formula is C13H27NO. The maximum absolute atomic E-state index is 11.8. The molecule has 1 unspecified atom stereocenters. The Morgan fingerprint density at radius 1 is 1.20 bits per heavy atom. The summed E-state index contributed by atoms with van der Waals surface area (Å²) in [5.74, 6) is 0.662. The minimum Gasteiger partial charge on any atom is -0.355 e. The van der Waals surface area contributed by atoms with Gasteiger partial charge in [0.25, 0.3) is 0 Å². The van der Waals surface area contributed by atoms with Crippen molar-refractivity contribution in [3.63, 3.8) is 0 Å². The van der Waals surface area contributed by atoms with Crippen molar-refractivity contribution in [1.82, 2.24) is 5.32 Å². The molecule has 0 bridgehead atoms. The molecule has 0 aliphatic heterocycles. The standard InChI is InChI=1S/C13H27NO/c1-8-13(6,7)11(15)14-9-10(2)12(3,4)5/h10H,8-9H2,1-7H3,(H,14,15). The van der Waals surface area contributed by atoms with E-state index in [4.69, 9.17) is 0 Å². The molecule has 0 aromatic carbocycles. The maximum atomic E-state index is 11.8. The van der Waals surface area contributed by atoms with Gasteiger partial charge in [-0.3, -0.25) is 4.79 Å². The van der Waals surface area contributed by atoms with E-state index >= 15 is 0 Å². The molecular weight excluding hydrogens is 186 g/mol. The Morgan fingerprint density at radius 3 is 2.00 bits per heavy atom. The average Bonchev–Trinajstić information content (AvgIpc) is 2.11. The minimum atomic E-state index is -0.238. The Labute approximate surface area is 94.8 Å². The van der Waals surface area contributed by atoms with Crippen LogP contribution in [0.15, 0.2) is 0 Å². The summed E-state index contributed by atoms with van der Waals surface area (Å²) >= 11 is 0. The van der Waals surface area contributed by atoms with E-state index in [1.807, 2.05) is 20.8 Å². The van der Waals surface area contributed by atoms with Crippen LogP contribution in [0.4, 0.5) is 0 Å². The van der Waals surface area contributed by atoms with Gasteiger partial charge in [0.2, 0.25) is 5.91 Å². The summed E-state index contributed by atoms with van der Waals surface area (Å²) in [4.78, 5) is 11.8. The Morgan fingerprint density at radius 2 is 1.67 bits per heavy atom. The molecule has 1 atom stereocenters. The first-order valence-electron chi connectivity index (χ1n) is 5.89. The van der Waals surface area contributed by atoms with Crippen LogP contribution >= 0.6 is 0 Å². The quantitative estimate of drug-likeness (QED) is 0.763. The number of nitrogens with one attached hydrogen (secondary N) is 1. The molecule has 15 heavy (non-hydrogen) atoms. The van der Waals surface area contributed by atoms with Gasteiger partial charge in [-0.2, -0.15) is 0 Å². The Hall–Kier alpha value is -0.530. The highest BCUT2D eigenvalue weighted by Gasteiger charge is 2.27. The van der Waals surface area contributed by atoms with Crippen LogP contribution in [-0.2, 0) is 4.79 Å². The third kappa shape index (κ3) is 4.67. The van der Waals surface area contributed by atoms with Gasteiger partial charge in [0.05, 0.1) is 0 Å². The first-order chi connectivity index (χ1) is 6.61. The molecule has 0 rings (SSSR count). The molecule has 0 aliphatic rings. The van der Waals surface area contributed by atoms with Crippen molar-refractivity contribution in [3.8, 4) is 0 Å². The van der Waals surface area contributed by atoms with Crippen LogP contribution in [0, 0.1) is 16.7 Å². The Balaban J connectivity index is 4.13. The minimum absolute atomic E-state index is 0.168. The first kappa shape index (κ1) is 14.5. The van der Waals surface area contributed by atoms with Crippen molar-refractivity contribution in [1.29, 1.82) is 0 Å². The predicted octanol–water partition coefficient (Wildman–Crippen LogP) is 3.22. The summed E-state index contributed by atoms with van der Waals surface area (Å²) < 4.78 is 0. The largest absolute Gasteiger partial charge is 0.355 e. The molecule has 0 saturated carbocycles. The van der Waals surface area contributed by atoms with E-state index in [0.717, 1.165) is 13.0 Å². The molecule has 0 saturated heterocycles. The summed E-state index contributed by atoms with van der Waals surface area (Å²) in [6.45, 7) is 15.6. The van der Waals surface area contributed by atoms with Crippen LogP contribution in [0.1, 0.15) is 54.9 Å².